The zero-order valence-corrected chi connectivity index (χ0v) is 12.3. The van der Waals surface area contributed by atoms with Crippen LogP contribution in [0.3, 0.4) is 0 Å². The van der Waals surface area contributed by atoms with Crippen molar-refractivity contribution in [2.45, 2.75) is 38.6 Å². The number of nitrogens with zero attached hydrogens (tertiary/aromatic N) is 2. The second kappa shape index (κ2) is 5.62. The van der Waals surface area contributed by atoms with E-state index < -0.39 is 25.0 Å². The Morgan fingerprint density at radius 1 is 1.39 bits per heavy atom. The largest absolute Gasteiger partial charge is 0.436 e. The van der Waals surface area contributed by atoms with E-state index >= 15 is 0 Å². The van der Waals surface area contributed by atoms with Crippen molar-refractivity contribution in [3.05, 3.63) is 16.9 Å². The highest BCUT2D eigenvalue weighted by atomic mass is 35.5. The number of rotatable bonds is 5. The summed E-state index contributed by atoms with van der Waals surface area (Å²) < 4.78 is 43.6. The highest BCUT2D eigenvalue weighted by Crippen LogP contribution is 2.33. The Hall–Kier alpha value is -0.533. The summed E-state index contributed by atoms with van der Waals surface area (Å²) in [4.78, 5) is 0. The molecule has 0 fully saturated rings. The van der Waals surface area contributed by atoms with Crippen LogP contribution in [-0.2, 0) is 17.6 Å². The Bertz CT molecular complexity index is 401. The van der Waals surface area contributed by atoms with Crippen molar-refractivity contribution < 1.29 is 17.9 Å². The summed E-state index contributed by atoms with van der Waals surface area (Å²) >= 11 is 5.46. The molecule has 1 heterocycles. The number of halogens is 4. The van der Waals surface area contributed by atoms with E-state index in [1.165, 1.54) is 0 Å². The number of ether oxygens (including phenoxy) is 1. The van der Waals surface area contributed by atoms with Crippen LogP contribution in [0.15, 0.2) is 6.20 Å². The molecule has 8 heteroatoms. The Morgan fingerprint density at radius 3 is 2.44 bits per heavy atom. The van der Waals surface area contributed by atoms with Gasteiger partial charge in [-0.05, 0) is 6.04 Å². The van der Waals surface area contributed by atoms with Gasteiger partial charge in [-0.15, -0.1) is 0 Å². The molecule has 0 amide bonds. The van der Waals surface area contributed by atoms with Gasteiger partial charge in [0.2, 0.25) is 0 Å². The van der Waals surface area contributed by atoms with Crippen molar-refractivity contribution in [1.29, 1.82) is 0 Å². The fourth-order valence-corrected chi connectivity index (χ4v) is 2.21. The molecule has 0 bridgehead atoms. The average molecular weight is 301 g/mol. The minimum atomic E-state index is -4.53. The van der Waals surface area contributed by atoms with E-state index in [0.29, 0.717) is 6.61 Å². The van der Waals surface area contributed by atoms with Crippen LogP contribution in [0, 0.1) is 0 Å². The third-order valence-corrected chi connectivity index (χ3v) is 4.19. The normalized spacial score (nSPS) is 13.1. The molecule has 104 valence electrons. The van der Waals surface area contributed by atoms with Gasteiger partial charge in [0.25, 0.3) is 0 Å². The molecule has 0 aromatic carbocycles. The number of hydrogen-bond acceptors (Lipinski definition) is 2. The smallest absolute Gasteiger partial charge is 0.360 e. The van der Waals surface area contributed by atoms with Gasteiger partial charge >= 0.3 is 6.18 Å². The minimum Gasteiger partial charge on any atom is -0.360 e. The van der Waals surface area contributed by atoms with E-state index in [-0.39, 0.29) is 6.73 Å². The topological polar surface area (TPSA) is 27.1 Å². The maximum atomic E-state index is 12.4. The number of alkyl halides is 3. The lowest BCUT2D eigenvalue weighted by Crippen LogP contribution is -2.22. The molecule has 0 aliphatic rings. The van der Waals surface area contributed by atoms with Gasteiger partial charge in [-0.25, -0.2) is 4.68 Å². The van der Waals surface area contributed by atoms with Crippen LogP contribution in [0.25, 0.3) is 0 Å². The maximum absolute atomic E-state index is 12.4. The molecule has 1 aromatic heterocycles. The van der Waals surface area contributed by atoms with E-state index in [9.17, 15) is 13.2 Å². The van der Waals surface area contributed by atoms with Crippen molar-refractivity contribution in [3.8, 4) is 0 Å². The van der Waals surface area contributed by atoms with E-state index in [4.69, 9.17) is 16.3 Å². The molecular formula is C10H16ClF3N2OSi. The predicted octanol–water partition coefficient (Wildman–Crippen LogP) is 3.87. The summed E-state index contributed by atoms with van der Waals surface area (Å²) in [5, 5.41) is 2.95. The SMILES string of the molecule is C[Si](C)(C)CCOCn1cc(Cl)c(C(F)(F)F)n1. The molecule has 0 saturated carbocycles. The molecular weight excluding hydrogens is 285 g/mol. The van der Waals surface area contributed by atoms with Crippen molar-refractivity contribution in [2.24, 2.45) is 0 Å². The molecule has 0 aliphatic carbocycles. The lowest BCUT2D eigenvalue weighted by Gasteiger charge is -2.15. The molecule has 0 radical (unpaired) electrons. The zero-order chi connectivity index (χ0) is 14.0. The molecule has 0 spiro atoms. The fraction of sp³-hybridized carbons (Fsp3) is 0.700. The number of aromatic nitrogens is 2. The van der Waals surface area contributed by atoms with Crippen molar-refractivity contribution >= 4 is 19.7 Å². The van der Waals surface area contributed by atoms with Crippen LogP contribution in [0.2, 0.25) is 30.7 Å². The van der Waals surface area contributed by atoms with Crippen LogP contribution < -0.4 is 0 Å². The van der Waals surface area contributed by atoms with Crippen LogP contribution in [0.4, 0.5) is 13.2 Å². The Labute approximate surface area is 110 Å². The number of hydrogen-bond donors (Lipinski definition) is 0. The highest BCUT2D eigenvalue weighted by Gasteiger charge is 2.36. The van der Waals surface area contributed by atoms with Gasteiger partial charge in [-0.2, -0.15) is 18.3 Å². The summed E-state index contributed by atoms with van der Waals surface area (Å²) in [6, 6.07) is 0.953. The average Bonchev–Trinajstić information content (AvgIpc) is 2.52. The Morgan fingerprint density at radius 2 is 2.00 bits per heavy atom. The lowest BCUT2D eigenvalue weighted by atomic mass is 10.4. The van der Waals surface area contributed by atoms with Gasteiger partial charge < -0.3 is 4.74 Å². The first-order valence-electron chi connectivity index (χ1n) is 5.47. The van der Waals surface area contributed by atoms with Gasteiger partial charge in [0.15, 0.2) is 5.69 Å². The second-order valence-corrected chi connectivity index (χ2v) is 11.2. The summed E-state index contributed by atoms with van der Waals surface area (Å²) in [5.41, 5.74) is -1.07. The first kappa shape index (κ1) is 15.5. The van der Waals surface area contributed by atoms with E-state index in [1.807, 2.05) is 0 Å². The predicted molar refractivity (Wildman–Crippen MR) is 66.3 cm³/mol. The van der Waals surface area contributed by atoms with Crippen molar-refractivity contribution in [2.75, 3.05) is 6.61 Å². The third-order valence-electron chi connectivity index (χ3n) is 2.21. The molecule has 0 N–H and O–H groups in total. The molecule has 18 heavy (non-hydrogen) atoms. The summed E-state index contributed by atoms with van der Waals surface area (Å²) in [6.45, 7) is 7.10. The Balaban J connectivity index is 2.50. The van der Waals surface area contributed by atoms with E-state index in [0.717, 1.165) is 16.9 Å². The van der Waals surface area contributed by atoms with Crippen molar-refractivity contribution in [3.63, 3.8) is 0 Å². The van der Waals surface area contributed by atoms with Gasteiger partial charge in [0.05, 0.1) is 5.02 Å². The maximum Gasteiger partial charge on any atom is 0.436 e. The molecule has 0 unspecified atom stereocenters. The molecule has 1 rings (SSSR count). The van der Waals surface area contributed by atoms with Gasteiger partial charge in [-0.1, -0.05) is 31.2 Å². The van der Waals surface area contributed by atoms with Crippen LogP contribution in [0.1, 0.15) is 5.69 Å². The first-order chi connectivity index (χ1) is 8.09. The second-order valence-electron chi connectivity index (χ2n) is 5.21. The summed E-state index contributed by atoms with van der Waals surface area (Å²) in [5.74, 6) is 0. The zero-order valence-electron chi connectivity index (χ0n) is 10.5. The molecule has 0 saturated heterocycles. The highest BCUT2D eigenvalue weighted by molar-refractivity contribution is 6.76. The van der Waals surface area contributed by atoms with Crippen LogP contribution in [-0.4, -0.2) is 24.5 Å². The lowest BCUT2D eigenvalue weighted by molar-refractivity contribution is -0.141. The molecule has 0 aliphatic heterocycles. The monoisotopic (exact) mass is 300 g/mol. The van der Waals surface area contributed by atoms with Crippen LogP contribution in [0.5, 0.6) is 0 Å². The molecule has 3 nitrogen and oxygen atoms in total. The van der Waals surface area contributed by atoms with E-state index in [2.05, 4.69) is 24.7 Å². The quantitative estimate of drug-likeness (QED) is 0.610. The summed E-state index contributed by atoms with van der Waals surface area (Å²) in [7, 11) is -1.19. The van der Waals surface area contributed by atoms with E-state index in [1.54, 1.807) is 0 Å². The van der Waals surface area contributed by atoms with Crippen LogP contribution >= 0.6 is 11.6 Å². The molecule has 1 aromatic rings. The standard InChI is InChI=1S/C10H16ClF3N2OSi/c1-18(2,3)5-4-17-7-16-6-8(11)9(15-16)10(12,13)14/h6H,4-5,7H2,1-3H3. The van der Waals surface area contributed by atoms with Crippen molar-refractivity contribution in [1.82, 2.24) is 9.78 Å². The Kier molecular flexibility index (Phi) is 4.85. The van der Waals surface area contributed by atoms with Gasteiger partial charge in [-0.3, -0.25) is 0 Å². The molecule has 0 atom stereocenters. The van der Waals surface area contributed by atoms with Gasteiger partial charge in [0, 0.05) is 20.9 Å². The first-order valence-corrected chi connectivity index (χ1v) is 9.56. The third kappa shape index (κ3) is 4.99. The summed E-state index contributed by atoms with van der Waals surface area (Å²) in [6.07, 6.45) is -3.40. The minimum absolute atomic E-state index is 0.0136. The van der Waals surface area contributed by atoms with Gasteiger partial charge in [0.1, 0.15) is 6.73 Å². The fourth-order valence-electron chi connectivity index (χ4n) is 1.19.